The van der Waals surface area contributed by atoms with Gasteiger partial charge in [-0.25, -0.2) is 9.18 Å². The SMILES string of the molecule is O=C(O)C1(Nc2cc(Br)c(F)cc2[N+](=O)[O-])CCOC1. The number of aliphatic carboxylic acids is 1. The van der Waals surface area contributed by atoms with Crippen LogP contribution in [0.4, 0.5) is 15.8 Å². The average Bonchev–Trinajstić information content (AvgIpc) is 2.83. The van der Waals surface area contributed by atoms with Crippen molar-refractivity contribution in [3.05, 3.63) is 32.5 Å². The van der Waals surface area contributed by atoms with Gasteiger partial charge in [-0.05, 0) is 22.0 Å². The van der Waals surface area contributed by atoms with E-state index in [4.69, 9.17) is 4.74 Å². The van der Waals surface area contributed by atoms with Crippen molar-refractivity contribution in [3.63, 3.8) is 0 Å². The number of nitro groups is 1. The van der Waals surface area contributed by atoms with Crippen molar-refractivity contribution in [1.82, 2.24) is 0 Å². The van der Waals surface area contributed by atoms with Crippen molar-refractivity contribution in [1.29, 1.82) is 0 Å². The molecular formula is C11H10BrFN2O5. The summed E-state index contributed by atoms with van der Waals surface area (Å²) < 4.78 is 18.4. The van der Waals surface area contributed by atoms with E-state index >= 15 is 0 Å². The van der Waals surface area contributed by atoms with Gasteiger partial charge in [0.2, 0.25) is 0 Å². The summed E-state index contributed by atoms with van der Waals surface area (Å²) in [7, 11) is 0. The molecule has 0 saturated carbocycles. The number of carboxylic acid groups (broad SMARTS) is 1. The Kier molecular flexibility index (Phi) is 3.91. The van der Waals surface area contributed by atoms with Crippen LogP contribution >= 0.6 is 15.9 Å². The molecule has 1 aliphatic heterocycles. The fourth-order valence-corrected chi connectivity index (χ4v) is 2.27. The first-order chi connectivity index (χ1) is 9.35. The summed E-state index contributed by atoms with van der Waals surface area (Å²) >= 11 is 2.92. The Morgan fingerprint density at radius 2 is 2.30 bits per heavy atom. The number of anilines is 1. The number of hydrogen-bond donors (Lipinski definition) is 2. The monoisotopic (exact) mass is 348 g/mol. The van der Waals surface area contributed by atoms with Gasteiger partial charge in [-0.3, -0.25) is 10.1 Å². The first-order valence-electron chi connectivity index (χ1n) is 5.58. The van der Waals surface area contributed by atoms with E-state index in [0.29, 0.717) is 0 Å². The predicted octanol–water partition coefficient (Wildman–Crippen LogP) is 2.15. The van der Waals surface area contributed by atoms with Gasteiger partial charge in [0.15, 0.2) is 5.54 Å². The average molecular weight is 349 g/mol. The Balaban J connectivity index is 2.44. The van der Waals surface area contributed by atoms with Gasteiger partial charge < -0.3 is 15.2 Å². The summed E-state index contributed by atoms with van der Waals surface area (Å²) in [6, 6.07) is 1.88. The van der Waals surface area contributed by atoms with Gasteiger partial charge in [0.1, 0.15) is 11.5 Å². The van der Waals surface area contributed by atoms with Gasteiger partial charge in [-0.2, -0.15) is 0 Å². The molecule has 2 N–H and O–H groups in total. The number of benzene rings is 1. The lowest BCUT2D eigenvalue weighted by atomic mass is 9.98. The van der Waals surface area contributed by atoms with E-state index in [0.717, 1.165) is 12.1 Å². The van der Waals surface area contributed by atoms with E-state index in [1.54, 1.807) is 0 Å². The molecule has 0 spiro atoms. The van der Waals surface area contributed by atoms with Crippen LogP contribution in [0.25, 0.3) is 0 Å². The van der Waals surface area contributed by atoms with Crippen LogP contribution in [0.2, 0.25) is 0 Å². The first-order valence-corrected chi connectivity index (χ1v) is 6.38. The van der Waals surface area contributed by atoms with Gasteiger partial charge in [0.05, 0.1) is 22.1 Å². The third-order valence-corrected chi connectivity index (χ3v) is 3.65. The van der Waals surface area contributed by atoms with Crippen LogP contribution in [0.15, 0.2) is 16.6 Å². The first kappa shape index (κ1) is 14.7. The molecule has 108 valence electrons. The molecule has 1 heterocycles. The fourth-order valence-electron chi connectivity index (χ4n) is 1.93. The summed E-state index contributed by atoms with van der Waals surface area (Å²) in [5.41, 5.74) is -2.04. The van der Waals surface area contributed by atoms with E-state index in [1.165, 1.54) is 0 Å². The minimum atomic E-state index is -1.44. The zero-order chi connectivity index (χ0) is 14.9. The Morgan fingerprint density at radius 3 is 2.80 bits per heavy atom. The lowest BCUT2D eigenvalue weighted by Gasteiger charge is -2.24. The molecule has 1 saturated heterocycles. The normalized spacial score (nSPS) is 21.7. The van der Waals surface area contributed by atoms with Gasteiger partial charge >= 0.3 is 5.97 Å². The number of hydrogen-bond acceptors (Lipinski definition) is 5. The number of nitro benzene ring substituents is 1. The van der Waals surface area contributed by atoms with Crippen LogP contribution in [0, 0.1) is 15.9 Å². The van der Waals surface area contributed by atoms with Crippen LogP contribution in [0.5, 0.6) is 0 Å². The lowest BCUT2D eigenvalue weighted by molar-refractivity contribution is -0.384. The molecule has 0 bridgehead atoms. The summed E-state index contributed by atoms with van der Waals surface area (Å²) in [5, 5.41) is 22.8. The van der Waals surface area contributed by atoms with Gasteiger partial charge in [0, 0.05) is 13.0 Å². The molecule has 1 fully saturated rings. The molecule has 9 heteroatoms. The number of carbonyl (C=O) groups is 1. The lowest BCUT2D eigenvalue weighted by Crippen LogP contribution is -2.47. The van der Waals surface area contributed by atoms with Crippen LogP contribution in [0.3, 0.4) is 0 Å². The molecule has 1 aliphatic rings. The number of nitrogens with zero attached hydrogens (tertiary/aromatic N) is 1. The van der Waals surface area contributed by atoms with Crippen LogP contribution in [-0.4, -0.2) is 34.8 Å². The minimum absolute atomic E-state index is 0.00468. The van der Waals surface area contributed by atoms with E-state index in [2.05, 4.69) is 21.2 Å². The zero-order valence-corrected chi connectivity index (χ0v) is 11.6. The molecule has 0 aliphatic carbocycles. The molecule has 20 heavy (non-hydrogen) atoms. The van der Waals surface area contributed by atoms with E-state index < -0.39 is 27.9 Å². The summed E-state index contributed by atoms with van der Waals surface area (Å²) in [4.78, 5) is 21.5. The molecule has 1 atom stereocenters. The highest BCUT2D eigenvalue weighted by atomic mass is 79.9. The summed E-state index contributed by atoms with van der Waals surface area (Å²) in [6.45, 7) is 0.115. The number of carboxylic acids is 1. The largest absolute Gasteiger partial charge is 0.479 e. The Labute approximate surface area is 121 Å². The zero-order valence-electron chi connectivity index (χ0n) is 10.1. The number of halogens is 2. The highest BCUT2D eigenvalue weighted by molar-refractivity contribution is 9.10. The Morgan fingerprint density at radius 1 is 1.60 bits per heavy atom. The highest BCUT2D eigenvalue weighted by Gasteiger charge is 2.43. The molecule has 7 nitrogen and oxygen atoms in total. The molecular weight excluding hydrogens is 339 g/mol. The van der Waals surface area contributed by atoms with Gasteiger partial charge in [-0.1, -0.05) is 0 Å². The maximum atomic E-state index is 13.4. The molecule has 0 aromatic heterocycles. The number of nitrogens with one attached hydrogen (secondary N) is 1. The quantitative estimate of drug-likeness (QED) is 0.638. The predicted molar refractivity (Wildman–Crippen MR) is 70.2 cm³/mol. The fraction of sp³-hybridized carbons (Fsp3) is 0.364. The summed E-state index contributed by atoms with van der Waals surface area (Å²) in [6.07, 6.45) is 0.161. The minimum Gasteiger partial charge on any atom is -0.479 e. The van der Waals surface area contributed by atoms with Gasteiger partial charge in [-0.15, -0.1) is 0 Å². The number of ether oxygens (including phenoxy) is 1. The second-order valence-corrected chi connectivity index (χ2v) is 5.21. The van der Waals surface area contributed by atoms with Crippen molar-refractivity contribution in [2.45, 2.75) is 12.0 Å². The van der Waals surface area contributed by atoms with Crippen LogP contribution < -0.4 is 5.32 Å². The third-order valence-electron chi connectivity index (χ3n) is 3.04. The maximum absolute atomic E-state index is 13.4. The smallest absolute Gasteiger partial charge is 0.331 e. The van der Waals surface area contributed by atoms with Crippen molar-refractivity contribution < 1.29 is 24.0 Å². The van der Waals surface area contributed by atoms with E-state index in [-0.39, 0.29) is 29.8 Å². The second kappa shape index (κ2) is 5.33. The maximum Gasteiger partial charge on any atom is 0.331 e. The van der Waals surface area contributed by atoms with E-state index in [1.807, 2.05) is 0 Å². The molecule has 0 radical (unpaired) electrons. The van der Waals surface area contributed by atoms with Crippen molar-refractivity contribution >= 4 is 33.3 Å². The molecule has 1 aromatic rings. The Bertz CT molecular complexity index is 574. The van der Waals surface area contributed by atoms with E-state index in [9.17, 15) is 24.4 Å². The Hall–Kier alpha value is -1.74. The van der Waals surface area contributed by atoms with Crippen molar-refractivity contribution in [2.75, 3.05) is 18.5 Å². The molecule has 2 rings (SSSR count). The highest BCUT2D eigenvalue weighted by Crippen LogP contribution is 2.34. The summed E-state index contributed by atoms with van der Waals surface area (Å²) in [5.74, 6) is -1.97. The van der Waals surface area contributed by atoms with Crippen LogP contribution in [0.1, 0.15) is 6.42 Å². The van der Waals surface area contributed by atoms with Gasteiger partial charge in [0.25, 0.3) is 5.69 Å². The third kappa shape index (κ3) is 2.59. The second-order valence-electron chi connectivity index (χ2n) is 4.36. The standard InChI is InChI=1S/C11H10BrFN2O5/c12-6-3-8(9(15(18)19)4-7(6)13)14-11(10(16)17)1-2-20-5-11/h3-4,14H,1-2,5H2,(H,16,17). The molecule has 1 aromatic carbocycles. The molecule has 0 amide bonds. The molecule has 1 unspecified atom stereocenters. The topological polar surface area (TPSA) is 102 Å². The van der Waals surface area contributed by atoms with Crippen molar-refractivity contribution in [2.24, 2.45) is 0 Å². The number of rotatable bonds is 4. The van der Waals surface area contributed by atoms with Crippen molar-refractivity contribution in [3.8, 4) is 0 Å². The van der Waals surface area contributed by atoms with Crippen LogP contribution in [-0.2, 0) is 9.53 Å².